The molecule has 0 fully saturated rings. The van der Waals surface area contributed by atoms with Gasteiger partial charge in [0.05, 0.1) is 11.5 Å². The number of hydrogen-bond donors (Lipinski definition) is 0. The summed E-state index contributed by atoms with van der Waals surface area (Å²) in [5, 5.41) is 10.7. The van der Waals surface area contributed by atoms with Crippen LogP contribution in [0.2, 0.25) is 0 Å². The molecule has 0 atom stereocenters. The Balaban J connectivity index is 3.04. The molecule has 88 valence electrons. The van der Waals surface area contributed by atoms with Gasteiger partial charge in [-0.2, -0.15) is 0 Å². The zero-order chi connectivity index (χ0) is 12.8. The second-order valence-corrected chi connectivity index (χ2v) is 3.18. The van der Waals surface area contributed by atoms with E-state index in [1.165, 1.54) is 12.1 Å². The Kier molecular flexibility index (Phi) is 4.23. The number of nitrogens with zero attached hydrogens (tertiary/aromatic N) is 1. The van der Waals surface area contributed by atoms with E-state index in [0.29, 0.717) is 11.1 Å². The van der Waals surface area contributed by atoms with E-state index in [4.69, 9.17) is 0 Å². The Morgan fingerprint density at radius 1 is 1.53 bits per heavy atom. The first kappa shape index (κ1) is 12.7. The number of benzene rings is 1. The van der Waals surface area contributed by atoms with Crippen LogP contribution in [0.5, 0.6) is 0 Å². The van der Waals surface area contributed by atoms with Gasteiger partial charge in [0.15, 0.2) is 0 Å². The normalized spacial score (nSPS) is 9.06. The third-order valence-electron chi connectivity index (χ3n) is 2.08. The number of nitro groups is 1. The molecule has 0 N–H and O–H groups in total. The van der Waals surface area contributed by atoms with Gasteiger partial charge in [-0.05, 0) is 19.9 Å². The Labute approximate surface area is 98.5 Å². The number of esters is 1. The van der Waals surface area contributed by atoms with Gasteiger partial charge < -0.3 is 4.74 Å². The molecule has 0 saturated carbocycles. The van der Waals surface area contributed by atoms with Crippen molar-refractivity contribution in [2.45, 2.75) is 13.8 Å². The van der Waals surface area contributed by atoms with Crippen molar-refractivity contribution in [2.24, 2.45) is 0 Å². The molecular weight excluding hydrogens is 222 g/mol. The van der Waals surface area contributed by atoms with Gasteiger partial charge in [0.1, 0.15) is 0 Å². The maximum absolute atomic E-state index is 11.0. The Morgan fingerprint density at radius 3 is 2.82 bits per heavy atom. The quantitative estimate of drug-likeness (QED) is 0.338. The lowest BCUT2D eigenvalue weighted by atomic mass is 10.1. The molecule has 1 rings (SSSR count). The largest absolute Gasteiger partial charge is 0.456 e. The summed E-state index contributed by atoms with van der Waals surface area (Å²) in [4.78, 5) is 21.2. The third kappa shape index (κ3) is 3.31. The number of hydrogen-bond acceptors (Lipinski definition) is 4. The average molecular weight is 233 g/mol. The zero-order valence-corrected chi connectivity index (χ0v) is 9.52. The molecule has 0 aliphatic carbocycles. The molecule has 0 heterocycles. The van der Waals surface area contributed by atoms with Crippen LogP contribution in [-0.4, -0.2) is 17.5 Å². The summed E-state index contributed by atoms with van der Waals surface area (Å²) in [6.07, 6.45) is 0. The maximum Gasteiger partial charge on any atom is 0.384 e. The molecule has 0 aliphatic rings. The van der Waals surface area contributed by atoms with E-state index >= 15 is 0 Å². The lowest BCUT2D eigenvalue weighted by Gasteiger charge is -1.98. The van der Waals surface area contributed by atoms with Crippen molar-refractivity contribution < 1.29 is 14.5 Å². The van der Waals surface area contributed by atoms with Crippen molar-refractivity contribution in [3.63, 3.8) is 0 Å². The van der Waals surface area contributed by atoms with Gasteiger partial charge >= 0.3 is 5.97 Å². The molecule has 0 radical (unpaired) electrons. The smallest absolute Gasteiger partial charge is 0.384 e. The van der Waals surface area contributed by atoms with E-state index in [-0.39, 0.29) is 12.3 Å². The van der Waals surface area contributed by atoms with Crippen molar-refractivity contribution in [1.29, 1.82) is 0 Å². The first-order valence-electron chi connectivity index (χ1n) is 4.99. The summed E-state index contributed by atoms with van der Waals surface area (Å²) < 4.78 is 4.63. The SMILES string of the molecule is CCOC(=O)C#Cc1cccc([N+](=O)[O-])c1C. The molecule has 1 aromatic carbocycles. The molecule has 1 aromatic rings. The summed E-state index contributed by atoms with van der Waals surface area (Å²) in [6, 6.07) is 4.54. The summed E-state index contributed by atoms with van der Waals surface area (Å²) in [6.45, 7) is 3.52. The minimum Gasteiger partial charge on any atom is -0.456 e. The van der Waals surface area contributed by atoms with E-state index in [1.54, 1.807) is 19.9 Å². The molecule has 17 heavy (non-hydrogen) atoms. The van der Waals surface area contributed by atoms with Crippen LogP contribution in [0.25, 0.3) is 0 Å². The van der Waals surface area contributed by atoms with Crippen LogP contribution in [-0.2, 0) is 9.53 Å². The molecule has 0 amide bonds. The zero-order valence-electron chi connectivity index (χ0n) is 9.52. The lowest BCUT2D eigenvalue weighted by Crippen LogP contribution is -2.00. The van der Waals surface area contributed by atoms with Gasteiger partial charge in [0.25, 0.3) is 5.69 Å². The van der Waals surface area contributed by atoms with E-state index in [0.717, 1.165) is 0 Å². The predicted octanol–water partition coefficient (Wildman–Crippen LogP) is 1.82. The molecule has 0 aromatic heterocycles. The molecule has 0 saturated heterocycles. The van der Waals surface area contributed by atoms with Crippen LogP contribution < -0.4 is 0 Å². The third-order valence-corrected chi connectivity index (χ3v) is 2.08. The number of carbonyl (C=O) groups excluding carboxylic acids is 1. The topological polar surface area (TPSA) is 69.4 Å². The van der Waals surface area contributed by atoms with E-state index in [9.17, 15) is 14.9 Å². The fourth-order valence-corrected chi connectivity index (χ4v) is 1.24. The summed E-state index contributed by atoms with van der Waals surface area (Å²) >= 11 is 0. The highest BCUT2D eigenvalue weighted by atomic mass is 16.6. The minimum absolute atomic E-state index is 0.0133. The van der Waals surface area contributed by atoms with Gasteiger partial charge in [-0.1, -0.05) is 12.0 Å². The summed E-state index contributed by atoms with van der Waals surface area (Å²) in [7, 11) is 0. The Bertz CT molecular complexity index is 511. The van der Waals surface area contributed by atoms with Crippen LogP contribution in [0.4, 0.5) is 5.69 Å². The number of carbonyl (C=O) groups is 1. The van der Waals surface area contributed by atoms with E-state index < -0.39 is 10.9 Å². The fourth-order valence-electron chi connectivity index (χ4n) is 1.24. The Morgan fingerprint density at radius 2 is 2.24 bits per heavy atom. The van der Waals surface area contributed by atoms with Gasteiger partial charge in [0, 0.05) is 23.1 Å². The lowest BCUT2D eigenvalue weighted by molar-refractivity contribution is -0.385. The first-order valence-corrected chi connectivity index (χ1v) is 4.99. The second kappa shape index (κ2) is 5.66. The number of nitro benzene ring substituents is 1. The first-order chi connectivity index (χ1) is 8.06. The molecule has 5 heteroatoms. The molecule has 0 unspecified atom stereocenters. The van der Waals surface area contributed by atoms with Gasteiger partial charge in [0.2, 0.25) is 0 Å². The highest BCUT2D eigenvalue weighted by Crippen LogP contribution is 2.20. The second-order valence-electron chi connectivity index (χ2n) is 3.18. The van der Waals surface area contributed by atoms with Crippen molar-refractivity contribution in [3.05, 3.63) is 39.4 Å². The molecule has 0 bridgehead atoms. The number of ether oxygens (including phenoxy) is 1. The van der Waals surface area contributed by atoms with E-state index in [1.807, 2.05) is 0 Å². The van der Waals surface area contributed by atoms with Crippen LogP contribution in [0.1, 0.15) is 18.1 Å². The van der Waals surface area contributed by atoms with Crippen LogP contribution in [0.15, 0.2) is 18.2 Å². The molecular formula is C12H11NO4. The van der Waals surface area contributed by atoms with Crippen molar-refractivity contribution in [3.8, 4) is 11.8 Å². The fraction of sp³-hybridized carbons (Fsp3) is 0.250. The standard InChI is InChI=1S/C12H11NO4/c1-3-17-12(14)8-7-10-5-4-6-11(9(10)2)13(15)16/h4-6H,3H2,1-2H3. The molecule has 5 nitrogen and oxygen atoms in total. The van der Waals surface area contributed by atoms with Crippen molar-refractivity contribution >= 4 is 11.7 Å². The Hall–Kier alpha value is -2.35. The maximum atomic E-state index is 11.0. The highest BCUT2D eigenvalue weighted by molar-refractivity contribution is 5.89. The van der Waals surface area contributed by atoms with E-state index in [2.05, 4.69) is 16.6 Å². The van der Waals surface area contributed by atoms with Crippen LogP contribution in [0.3, 0.4) is 0 Å². The van der Waals surface area contributed by atoms with Gasteiger partial charge in [-0.25, -0.2) is 4.79 Å². The molecule has 0 aliphatic heterocycles. The summed E-state index contributed by atoms with van der Waals surface area (Å²) in [5.41, 5.74) is 0.877. The van der Waals surface area contributed by atoms with Crippen LogP contribution in [0, 0.1) is 28.9 Å². The van der Waals surface area contributed by atoms with Crippen molar-refractivity contribution in [2.75, 3.05) is 6.61 Å². The monoisotopic (exact) mass is 233 g/mol. The molecule has 0 spiro atoms. The average Bonchev–Trinajstić information content (AvgIpc) is 2.27. The number of rotatable bonds is 2. The van der Waals surface area contributed by atoms with Gasteiger partial charge in [-0.15, -0.1) is 0 Å². The minimum atomic E-state index is -0.640. The van der Waals surface area contributed by atoms with Gasteiger partial charge in [-0.3, -0.25) is 10.1 Å². The summed E-state index contributed by atoms with van der Waals surface area (Å²) in [5.74, 6) is 4.20. The van der Waals surface area contributed by atoms with Crippen molar-refractivity contribution in [1.82, 2.24) is 0 Å². The predicted molar refractivity (Wildman–Crippen MR) is 61.3 cm³/mol. The van der Waals surface area contributed by atoms with Crippen LogP contribution >= 0.6 is 0 Å². The highest BCUT2D eigenvalue weighted by Gasteiger charge is 2.11.